The van der Waals surface area contributed by atoms with Gasteiger partial charge in [0.15, 0.2) is 0 Å². The lowest BCUT2D eigenvalue weighted by Gasteiger charge is -2.30. The largest absolute Gasteiger partial charge is 0.324 e. The average molecular weight is 379 g/mol. The highest BCUT2D eigenvalue weighted by Gasteiger charge is 2.31. The van der Waals surface area contributed by atoms with E-state index < -0.39 is 16.1 Å². The number of sulfonamides is 1. The first-order valence-corrected chi connectivity index (χ1v) is 10.9. The minimum absolute atomic E-state index is 0.352. The number of carbonyl (C=O) groups excluding carboxylic acids is 1. The molecule has 7 heteroatoms. The van der Waals surface area contributed by atoms with E-state index in [1.54, 1.807) is 55.1 Å². The van der Waals surface area contributed by atoms with E-state index in [0.29, 0.717) is 17.8 Å². The van der Waals surface area contributed by atoms with Gasteiger partial charge in [0.1, 0.15) is 6.04 Å². The third-order valence-corrected chi connectivity index (χ3v) is 5.58. The second-order valence-corrected chi connectivity index (χ2v) is 8.28. The Morgan fingerprint density at radius 1 is 1.16 bits per heavy atom. The third kappa shape index (κ3) is 4.99. The Hall–Kier alpha value is -1.99. The van der Waals surface area contributed by atoms with Crippen molar-refractivity contribution >= 4 is 39.1 Å². The van der Waals surface area contributed by atoms with E-state index >= 15 is 0 Å². The predicted molar refractivity (Wildman–Crippen MR) is 105 cm³/mol. The van der Waals surface area contributed by atoms with Gasteiger partial charge in [0.25, 0.3) is 0 Å². The summed E-state index contributed by atoms with van der Waals surface area (Å²) >= 11 is 1.57. The van der Waals surface area contributed by atoms with E-state index in [2.05, 4.69) is 5.32 Å². The number of para-hydroxylation sites is 1. The van der Waals surface area contributed by atoms with Crippen LogP contribution in [0.3, 0.4) is 0 Å². The molecule has 25 heavy (non-hydrogen) atoms. The molecule has 0 heterocycles. The molecule has 2 aromatic rings. The minimum atomic E-state index is -3.61. The van der Waals surface area contributed by atoms with E-state index in [9.17, 15) is 13.2 Å². The zero-order valence-corrected chi connectivity index (χ0v) is 16.1. The van der Waals surface area contributed by atoms with Crippen molar-refractivity contribution in [3.8, 4) is 0 Å². The Balaban J connectivity index is 2.32. The molecule has 134 valence electrons. The number of carbonyl (C=O) groups is 1. The highest BCUT2D eigenvalue weighted by Crippen LogP contribution is 2.24. The van der Waals surface area contributed by atoms with Crippen molar-refractivity contribution in [1.82, 2.24) is 0 Å². The van der Waals surface area contributed by atoms with Crippen LogP contribution in [0.25, 0.3) is 0 Å². The maximum Gasteiger partial charge on any atom is 0.248 e. The van der Waals surface area contributed by atoms with Gasteiger partial charge < -0.3 is 5.32 Å². The molecule has 2 aromatic carbocycles. The van der Waals surface area contributed by atoms with Crippen molar-refractivity contribution in [3.05, 3.63) is 54.6 Å². The Morgan fingerprint density at radius 2 is 1.84 bits per heavy atom. The first-order chi connectivity index (χ1) is 11.9. The molecule has 1 N–H and O–H groups in total. The van der Waals surface area contributed by atoms with E-state index in [4.69, 9.17) is 0 Å². The molecule has 0 radical (unpaired) electrons. The van der Waals surface area contributed by atoms with Gasteiger partial charge in [-0.2, -0.15) is 0 Å². The molecule has 1 unspecified atom stereocenters. The molecule has 0 bridgehead atoms. The first-order valence-electron chi connectivity index (χ1n) is 7.86. The van der Waals surface area contributed by atoms with Crippen molar-refractivity contribution in [2.75, 3.05) is 22.1 Å². The fourth-order valence-corrected chi connectivity index (χ4v) is 4.23. The second-order valence-electron chi connectivity index (χ2n) is 5.54. The summed E-state index contributed by atoms with van der Waals surface area (Å²) in [5.74, 6) is -0.352. The first kappa shape index (κ1) is 19.3. The van der Waals surface area contributed by atoms with Crippen LogP contribution in [-0.4, -0.2) is 32.9 Å². The van der Waals surface area contributed by atoms with Gasteiger partial charge in [-0.05, 0) is 43.0 Å². The van der Waals surface area contributed by atoms with E-state index in [-0.39, 0.29) is 5.91 Å². The lowest BCUT2D eigenvalue weighted by Crippen LogP contribution is -2.46. The summed E-state index contributed by atoms with van der Waals surface area (Å²) in [6.07, 6.45) is 3.43. The fraction of sp³-hybridized carbons (Fsp3) is 0.278. The van der Waals surface area contributed by atoms with Gasteiger partial charge in [-0.3, -0.25) is 9.10 Å². The number of benzene rings is 2. The Kier molecular flexibility index (Phi) is 6.50. The minimum Gasteiger partial charge on any atom is -0.324 e. The normalized spacial score (nSPS) is 12.4. The topological polar surface area (TPSA) is 66.5 Å². The van der Waals surface area contributed by atoms with Crippen LogP contribution in [0.15, 0.2) is 59.5 Å². The Bertz CT molecular complexity index is 823. The number of anilines is 2. The summed E-state index contributed by atoms with van der Waals surface area (Å²) < 4.78 is 25.8. The van der Waals surface area contributed by atoms with Crippen molar-refractivity contribution in [1.29, 1.82) is 0 Å². The Morgan fingerprint density at radius 3 is 2.40 bits per heavy atom. The Labute approximate surface area is 153 Å². The summed E-state index contributed by atoms with van der Waals surface area (Å²) in [4.78, 5) is 13.8. The highest BCUT2D eigenvalue weighted by atomic mass is 32.2. The summed E-state index contributed by atoms with van der Waals surface area (Å²) in [5, 5.41) is 2.83. The van der Waals surface area contributed by atoms with Crippen LogP contribution in [0.5, 0.6) is 0 Å². The molecule has 0 fully saturated rings. The average Bonchev–Trinajstić information content (AvgIpc) is 2.59. The predicted octanol–water partition coefficient (Wildman–Crippen LogP) is 3.59. The molecule has 0 aromatic heterocycles. The zero-order valence-electron chi connectivity index (χ0n) is 14.5. The quantitative estimate of drug-likeness (QED) is 0.748. The molecule has 0 saturated heterocycles. The SMILES string of the molecule is CCC(C(=O)Nc1cccc(SC)c1)N(c1ccccc1)S(C)(=O)=O. The van der Waals surface area contributed by atoms with Crippen molar-refractivity contribution in [2.45, 2.75) is 24.3 Å². The number of thioether (sulfide) groups is 1. The van der Waals surface area contributed by atoms with Gasteiger partial charge in [0, 0.05) is 10.6 Å². The lowest BCUT2D eigenvalue weighted by molar-refractivity contribution is -0.117. The highest BCUT2D eigenvalue weighted by molar-refractivity contribution is 7.98. The number of nitrogens with one attached hydrogen (secondary N) is 1. The van der Waals surface area contributed by atoms with E-state index in [0.717, 1.165) is 11.2 Å². The third-order valence-electron chi connectivity index (χ3n) is 3.68. The molecule has 0 aliphatic carbocycles. The molecule has 0 aliphatic heterocycles. The summed E-state index contributed by atoms with van der Waals surface area (Å²) in [6, 6.07) is 15.3. The molecule has 1 atom stereocenters. The van der Waals surface area contributed by atoms with Crippen LogP contribution >= 0.6 is 11.8 Å². The van der Waals surface area contributed by atoms with Crippen LogP contribution in [0.1, 0.15) is 13.3 Å². The summed E-state index contributed by atoms with van der Waals surface area (Å²) in [7, 11) is -3.61. The van der Waals surface area contributed by atoms with E-state index in [1.165, 1.54) is 4.31 Å². The summed E-state index contributed by atoms with van der Waals surface area (Å²) in [6.45, 7) is 1.80. The van der Waals surface area contributed by atoms with Crippen molar-refractivity contribution in [3.63, 3.8) is 0 Å². The number of rotatable bonds is 7. The fourth-order valence-electron chi connectivity index (χ4n) is 2.56. The maximum absolute atomic E-state index is 12.8. The monoisotopic (exact) mass is 378 g/mol. The van der Waals surface area contributed by atoms with Gasteiger partial charge in [0.05, 0.1) is 11.9 Å². The van der Waals surface area contributed by atoms with Crippen LogP contribution < -0.4 is 9.62 Å². The summed E-state index contributed by atoms with van der Waals surface area (Å²) in [5.41, 5.74) is 1.13. The standard InChI is InChI=1S/C18H22N2O3S2/c1-4-17(18(21)19-14-9-8-12-16(13-14)24-2)20(25(3,22)23)15-10-6-5-7-11-15/h5-13,17H,4H2,1-3H3,(H,19,21). The molecule has 0 saturated carbocycles. The van der Waals surface area contributed by atoms with Crippen molar-refractivity contribution < 1.29 is 13.2 Å². The van der Waals surface area contributed by atoms with Crippen LogP contribution in [0.4, 0.5) is 11.4 Å². The van der Waals surface area contributed by atoms with Gasteiger partial charge >= 0.3 is 0 Å². The number of nitrogens with zero attached hydrogens (tertiary/aromatic N) is 1. The number of amides is 1. The maximum atomic E-state index is 12.8. The van der Waals surface area contributed by atoms with Crippen LogP contribution in [0.2, 0.25) is 0 Å². The zero-order chi connectivity index (χ0) is 18.4. The van der Waals surface area contributed by atoms with Crippen molar-refractivity contribution in [2.24, 2.45) is 0 Å². The number of hydrogen-bond acceptors (Lipinski definition) is 4. The molecule has 0 spiro atoms. The molecule has 2 rings (SSSR count). The van der Waals surface area contributed by atoms with Gasteiger partial charge in [-0.1, -0.05) is 31.2 Å². The molecule has 0 aliphatic rings. The lowest BCUT2D eigenvalue weighted by atomic mass is 10.2. The van der Waals surface area contributed by atoms with Gasteiger partial charge in [0.2, 0.25) is 15.9 Å². The number of hydrogen-bond donors (Lipinski definition) is 1. The van der Waals surface area contributed by atoms with Crippen LogP contribution in [-0.2, 0) is 14.8 Å². The molecular weight excluding hydrogens is 356 g/mol. The van der Waals surface area contributed by atoms with Gasteiger partial charge in [-0.25, -0.2) is 8.42 Å². The molecule has 1 amide bonds. The van der Waals surface area contributed by atoms with Gasteiger partial charge in [-0.15, -0.1) is 11.8 Å². The smallest absolute Gasteiger partial charge is 0.248 e. The van der Waals surface area contributed by atoms with Crippen LogP contribution in [0, 0.1) is 0 Å². The molecule has 5 nitrogen and oxygen atoms in total. The second kappa shape index (κ2) is 8.40. The van der Waals surface area contributed by atoms with E-state index in [1.807, 2.05) is 24.5 Å². The molecular formula is C18H22N2O3S2.